The van der Waals surface area contributed by atoms with E-state index in [0.29, 0.717) is 11.7 Å². The molecule has 1 aromatic carbocycles. The Morgan fingerprint density at radius 3 is 2.68 bits per heavy atom. The van der Waals surface area contributed by atoms with Crippen LogP contribution in [0.1, 0.15) is 24.5 Å². The molecule has 0 bridgehead atoms. The van der Waals surface area contributed by atoms with E-state index in [1.54, 1.807) is 0 Å². The van der Waals surface area contributed by atoms with Crippen LogP contribution in [0.2, 0.25) is 0 Å². The molecule has 96 valence electrons. The Hall–Kier alpha value is -1.82. The van der Waals surface area contributed by atoms with Crippen LogP contribution in [0.25, 0.3) is 16.7 Å². The van der Waals surface area contributed by atoms with Gasteiger partial charge in [0.1, 0.15) is 5.82 Å². The molecule has 1 aliphatic rings. The van der Waals surface area contributed by atoms with Gasteiger partial charge in [-0.3, -0.25) is 5.10 Å². The largest absolute Gasteiger partial charge is 0.383 e. The fraction of sp³-hybridized carbons (Fsp3) is 0.231. The fourth-order valence-corrected chi connectivity index (χ4v) is 2.63. The van der Waals surface area contributed by atoms with E-state index in [2.05, 4.69) is 26.1 Å². The van der Waals surface area contributed by atoms with Gasteiger partial charge in [-0.15, -0.1) is 0 Å². The number of nitrogens with two attached hydrogens (primary N) is 1. The number of benzene rings is 1. The van der Waals surface area contributed by atoms with E-state index in [9.17, 15) is 0 Å². The maximum Gasteiger partial charge on any atom is 0.186 e. The minimum Gasteiger partial charge on any atom is -0.383 e. The minimum atomic E-state index is 0.541. The molecule has 1 aliphatic carbocycles. The molecular weight excluding hydrogens is 306 g/mol. The number of aromatic amines is 1. The summed E-state index contributed by atoms with van der Waals surface area (Å²) in [7, 11) is 0. The van der Waals surface area contributed by atoms with E-state index in [1.165, 1.54) is 12.8 Å². The number of hydrogen-bond donors (Lipinski definition) is 2. The smallest absolute Gasteiger partial charge is 0.186 e. The second-order valence-corrected chi connectivity index (χ2v) is 5.80. The highest BCUT2D eigenvalue weighted by atomic mass is 79.9. The average Bonchev–Trinajstić information content (AvgIpc) is 3.08. The van der Waals surface area contributed by atoms with E-state index >= 15 is 0 Å². The lowest BCUT2D eigenvalue weighted by atomic mass is 10.2. The normalized spacial score (nSPS) is 15.2. The van der Waals surface area contributed by atoms with Crippen molar-refractivity contribution in [1.29, 1.82) is 0 Å². The zero-order valence-electron chi connectivity index (χ0n) is 10.1. The Morgan fingerprint density at radius 2 is 2.00 bits per heavy atom. The van der Waals surface area contributed by atoms with E-state index < -0.39 is 0 Å². The Kier molecular flexibility index (Phi) is 2.23. The van der Waals surface area contributed by atoms with Crippen LogP contribution in [0.15, 0.2) is 28.7 Å². The number of nitrogen functional groups attached to an aromatic ring is 1. The third-order valence-electron chi connectivity index (χ3n) is 3.47. The Morgan fingerprint density at radius 1 is 1.26 bits per heavy atom. The van der Waals surface area contributed by atoms with Gasteiger partial charge >= 0.3 is 0 Å². The molecule has 0 aliphatic heterocycles. The summed E-state index contributed by atoms with van der Waals surface area (Å²) in [4.78, 5) is 0. The highest BCUT2D eigenvalue weighted by Gasteiger charge is 2.31. The van der Waals surface area contributed by atoms with Crippen molar-refractivity contribution in [2.45, 2.75) is 18.8 Å². The first-order valence-electron chi connectivity index (χ1n) is 6.22. The monoisotopic (exact) mass is 317 g/mol. The standard InChI is InChI=1S/C13H12BrN5/c14-8-3-5-9(6-4-8)19-13-10(12(15)16-17-13)11(18-19)7-1-2-7/h3-7H,1-2H2,(H3,15,16,17). The van der Waals surface area contributed by atoms with Gasteiger partial charge in [-0.05, 0) is 37.1 Å². The second kappa shape index (κ2) is 3.84. The number of anilines is 1. The Bertz CT molecular complexity index is 751. The molecule has 19 heavy (non-hydrogen) atoms. The predicted octanol–water partition coefficient (Wildman–Crippen LogP) is 2.97. The van der Waals surface area contributed by atoms with Crippen molar-refractivity contribution >= 4 is 32.8 Å². The summed E-state index contributed by atoms with van der Waals surface area (Å²) in [6, 6.07) is 8.02. The summed E-state index contributed by atoms with van der Waals surface area (Å²) in [5, 5.41) is 12.8. The SMILES string of the molecule is Nc1[nH]nc2c1c(C1CC1)nn2-c1ccc(Br)cc1. The summed E-state index contributed by atoms with van der Waals surface area (Å²) < 4.78 is 2.91. The molecule has 1 fully saturated rings. The molecule has 0 saturated heterocycles. The van der Waals surface area contributed by atoms with Gasteiger partial charge in [0.25, 0.3) is 0 Å². The quantitative estimate of drug-likeness (QED) is 0.763. The summed E-state index contributed by atoms with van der Waals surface area (Å²) in [5.74, 6) is 1.15. The number of aromatic nitrogens is 4. The second-order valence-electron chi connectivity index (χ2n) is 4.88. The van der Waals surface area contributed by atoms with Crippen LogP contribution in [0.4, 0.5) is 5.82 Å². The topological polar surface area (TPSA) is 72.5 Å². The first-order valence-corrected chi connectivity index (χ1v) is 7.02. The van der Waals surface area contributed by atoms with Crippen molar-refractivity contribution in [3.8, 4) is 5.69 Å². The summed E-state index contributed by atoms with van der Waals surface area (Å²) in [6.45, 7) is 0. The third-order valence-corrected chi connectivity index (χ3v) is 4.00. The van der Waals surface area contributed by atoms with Gasteiger partial charge in [0, 0.05) is 10.4 Å². The molecule has 6 heteroatoms. The fourth-order valence-electron chi connectivity index (χ4n) is 2.36. The van der Waals surface area contributed by atoms with Gasteiger partial charge in [0.2, 0.25) is 0 Å². The van der Waals surface area contributed by atoms with Crippen molar-refractivity contribution < 1.29 is 0 Å². The molecule has 0 atom stereocenters. The first kappa shape index (κ1) is 11.0. The molecule has 2 aromatic heterocycles. The van der Waals surface area contributed by atoms with Crippen LogP contribution in [-0.4, -0.2) is 20.0 Å². The van der Waals surface area contributed by atoms with Crippen molar-refractivity contribution in [2.24, 2.45) is 0 Å². The van der Waals surface area contributed by atoms with E-state index in [4.69, 9.17) is 10.8 Å². The van der Waals surface area contributed by atoms with E-state index in [1.807, 2.05) is 28.9 Å². The molecule has 0 amide bonds. The number of nitrogens with one attached hydrogen (secondary N) is 1. The Labute approximate surface area is 117 Å². The van der Waals surface area contributed by atoms with Gasteiger partial charge in [-0.25, -0.2) is 4.68 Å². The van der Waals surface area contributed by atoms with Crippen LogP contribution < -0.4 is 5.73 Å². The van der Waals surface area contributed by atoms with Crippen molar-refractivity contribution in [2.75, 3.05) is 5.73 Å². The van der Waals surface area contributed by atoms with Crippen molar-refractivity contribution in [3.63, 3.8) is 0 Å². The molecule has 5 nitrogen and oxygen atoms in total. The predicted molar refractivity (Wildman–Crippen MR) is 77.3 cm³/mol. The number of halogens is 1. The van der Waals surface area contributed by atoms with E-state index in [-0.39, 0.29) is 0 Å². The minimum absolute atomic E-state index is 0.541. The molecule has 4 rings (SSSR count). The van der Waals surface area contributed by atoms with Crippen LogP contribution in [-0.2, 0) is 0 Å². The summed E-state index contributed by atoms with van der Waals surface area (Å²) in [6.07, 6.45) is 2.38. The zero-order valence-corrected chi connectivity index (χ0v) is 11.7. The zero-order chi connectivity index (χ0) is 13.0. The van der Waals surface area contributed by atoms with Crippen molar-refractivity contribution in [1.82, 2.24) is 20.0 Å². The van der Waals surface area contributed by atoms with Gasteiger partial charge in [0.05, 0.1) is 16.8 Å². The number of H-pyrrole nitrogens is 1. The van der Waals surface area contributed by atoms with E-state index in [0.717, 1.165) is 26.9 Å². The number of hydrogen-bond acceptors (Lipinski definition) is 3. The van der Waals surface area contributed by atoms with Gasteiger partial charge in [0.15, 0.2) is 5.65 Å². The molecule has 0 spiro atoms. The molecule has 0 radical (unpaired) electrons. The third kappa shape index (κ3) is 1.67. The number of rotatable bonds is 2. The van der Waals surface area contributed by atoms with Crippen LogP contribution in [0, 0.1) is 0 Å². The molecular formula is C13H12BrN5. The van der Waals surface area contributed by atoms with Crippen molar-refractivity contribution in [3.05, 3.63) is 34.4 Å². The van der Waals surface area contributed by atoms with Crippen LogP contribution >= 0.6 is 15.9 Å². The summed E-state index contributed by atoms with van der Waals surface area (Å²) in [5.41, 5.74) is 8.85. The lowest BCUT2D eigenvalue weighted by Gasteiger charge is -2.01. The van der Waals surface area contributed by atoms with Gasteiger partial charge < -0.3 is 5.73 Å². The molecule has 3 aromatic rings. The maximum absolute atomic E-state index is 5.98. The number of nitrogens with zero attached hydrogens (tertiary/aromatic N) is 3. The summed E-state index contributed by atoms with van der Waals surface area (Å²) >= 11 is 3.44. The lowest BCUT2D eigenvalue weighted by molar-refractivity contribution is 0.840. The van der Waals surface area contributed by atoms with Crippen LogP contribution in [0.3, 0.4) is 0 Å². The highest BCUT2D eigenvalue weighted by Crippen LogP contribution is 2.43. The molecule has 1 saturated carbocycles. The van der Waals surface area contributed by atoms with Gasteiger partial charge in [-0.1, -0.05) is 15.9 Å². The lowest BCUT2D eigenvalue weighted by Crippen LogP contribution is -1.98. The van der Waals surface area contributed by atoms with Gasteiger partial charge in [-0.2, -0.15) is 10.2 Å². The highest BCUT2D eigenvalue weighted by molar-refractivity contribution is 9.10. The average molecular weight is 318 g/mol. The van der Waals surface area contributed by atoms with Crippen LogP contribution in [0.5, 0.6) is 0 Å². The molecule has 3 N–H and O–H groups in total. The molecule has 2 heterocycles. The number of fused-ring (bicyclic) bond motifs is 1. The molecule has 0 unspecified atom stereocenters. The first-order chi connectivity index (χ1) is 9.24. The Balaban J connectivity index is 1.96. The maximum atomic E-state index is 5.98.